The third kappa shape index (κ3) is 3.34. The van der Waals surface area contributed by atoms with Crippen molar-refractivity contribution in [3.8, 4) is 0 Å². The summed E-state index contributed by atoms with van der Waals surface area (Å²) in [4.78, 5) is 3.44. The summed E-state index contributed by atoms with van der Waals surface area (Å²) in [5, 5.41) is 1.52. The van der Waals surface area contributed by atoms with Crippen LogP contribution >= 0.6 is 0 Å². The van der Waals surface area contributed by atoms with Gasteiger partial charge in [-0.05, 0) is 54.6 Å². The molecule has 3 heteroatoms. The minimum atomic E-state index is -1.86. The Bertz CT molecular complexity index is 807. The van der Waals surface area contributed by atoms with E-state index in [9.17, 15) is 0 Å². The summed E-state index contributed by atoms with van der Waals surface area (Å²) in [6.45, 7) is 15.6. The molecule has 0 bridgehead atoms. The van der Waals surface area contributed by atoms with E-state index in [1.165, 1.54) is 27.8 Å². The van der Waals surface area contributed by atoms with E-state index in [0.717, 1.165) is 19.3 Å². The minimum Gasteiger partial charge on any atom is -0.546 e. The van der Waals surface area contributed by atoms with E-state index in [0.29, 0.717) is 5.92 Å². The SMILES string of the molecule is C=CCC1=C(O[Si](C)(C)C(C)(C)C)C(c2c[nH]c3ccccc23)CC1. The largest absolute Gasteiger partial charge is 0.546 e. The molecular weight excluding hydrogens is 322 g/mol. The van der Waals surface area contributed by atoms with Crippen molar-refractivity contribution >= 4 is 19.2 Å². The summed E-state index contributed by atoms with van der Waals surface area (Å²) in [5.41, 5.74) is 4.03. The Morgan fingerprint density at radius 2 is 2.00 bits per heavy atom. The van der Waals surface area contributed by atoms with Crippen molar-refractivity contribution in [2.24, 2.45) is 0 Å². The maximum absolute atomic E-state index is 6.87. The molecule has 3 rings (SSSR count). The lowest BCUT2D eigenvalue weighted by Gasteiger charge is -2.38. The molecule has 0 spiro atoms. The highest BCUT2D eigenvalue weighted by Crippen LogP contribution is 2.47. The number of rotatable bonds is 5. The second-order valence-corrected chi connectivity index (χ2v) is 13.4. The molecule has 0 aliphatic heterocycles. The van der Waals surface area contributed by atoms with Gasteiger partial charge in [-0.25, -0.2) is 0 Å². The maximum Gasteiger partial charge on any atom is 0.250 e. The zero-order valence-corrected chi connectivity index (χ0v) is 17.3. The lowest BCUT2D eigenvalue weighted by molar-refractivity contribution is 0.354. The van der Waals surface area contributed by atoms with Gasteiger partial charge >= 0.3 is 0 Å². The summed E-state index contributed by atoms with van der Waals surface area (Å²) in [5.74, 6) is 1.59. The van der Waals surface area contributed by atoms with E-state index in [-0.39, 0.29) is 5.04 Å². The summed E-state index contributed by atoms with van der Waals surface area (Å²) in [7, 11) is -1.86. The first kappa shape index (κ1) is 18.1. The first-order chi connectivity index (χ1) is 11.7. The molecule has 1 aromatic carbocycles. The van der Waals surface area contributed by atoms with Crippen molar-refractivity contribution in [1.29, 1.82) is 0 Å². The predicted molar refractivity (Wildman–Crippen MR) is 110 cm³/mol. The van der Waals surface area contributed by atoms with Gasteiger partial charge in [0.2, 0.25) is 8.32 Å². The predicted octanol–water partition coefficient (Wildman–Crippen LogP) is 6.90. The molecule has 1 heterocycles. The molecule has 0 amide bonds. The van der Waals surface area contributed by atoms with Gasteiger partial charge in [-0.1, -0.05) is 45.0 Å². The highest BCUT2D eigenvalue weighted by atomic mass is 28.4. The summed E-state index contributed by atoms with van der Waals surface area (Å²) < 4.78 is 6.87. The second kappa shape index (κ2) is 6.53. The number of H-pyrrole nitrogens is 1. The van der Waals surface area contributed by atoms with Gasteiger partial charge in [-0.15, -0.1) is 6.58 Å². The number of aromatic amines is 1. The molecule has 1 aliphatic carbocycles. The van der Waals surface area contributed by atoms with E-state index in [1.54, 1.807) is 0 Å². The van der Waals surface area contributed by atoms with Crippen molar-refractivity contribution in [1.82, 2.24) is 4.98 Å². The van der Waals surface area contributed by atoms with E-state index in [2.05, 4.69) is 75.9 Å². The van der Waals surface area contributed by atoms with Gasteiger partial charge < -0.3 is 9.41 Å². The number of hydrogen-bond acceptors (Lipinski definition) is 1. The standard InChI is InChI=1S/C22H31NOSi/c1-7-10-16-13-14-18(21(16)24-25(5,6)22(2,3)4)19-15-23-20-12-9-8-11-17(19)20/h7-9,11-12,15,18,23H,1,10,13-14H2,2-6H3. The number of fused-ring (bicyclic) bond motifs is 1. The smallest absolute Gasteiger partial charge is 0.250 e. The van der Waals surface area contributed by atoms with Gasteiger partial charge in [-0.3, -0.25) is 0 Å². The third-order valence-corrected chi connectivity index (χ3v) is 10.3. The minimum absolute atomic E-state index is 0.201. The Labute approximate surface area is 153 Å². The van der Waals surface area contributed by atoms with E-state index in [4.69, 9.17) is 4.43 Å². The Hall–Kier alpha value is -1.74. The maximum atomic E-state index is 6.87. The van der Waals surface area contributed by atoms with Crippen LogP contribution in [0.5, 0.6) is 0 Å². The molecular formula is C22H31NOSi. The Morgan fingerprint density at radius 1 is 1.28 bits per heavy atom. The summed E-state index contributed by atoms with van der Waals surface area (Å²) in [6.07, 6.45) is 7.38. The van der Waals surface area contributed by atoms with Gasteiger partial charge in [0.05, 0.1) is 5.76 Å². The fourth-order valence-corrected chi connectivity index (χ4v) is 4.59. The Balaban J connectivity index is 2.03. The number of aromatic nitrogens is 1. The molecule has 0 saturated heterocycles. The molecule has 0 fully saturated rings. The van der Waals surface area contributed by atoms with E-state index < -0.39 is 8.32 Å². The lowest BCUT2D eigenvalue weighted by Crippen LogP contribution is -2.41. The first-order valence-electron chi connectivity index (χ1n) is 9.32. The van der Waals surface area contributed by atoms with Gasteiger partial charge in [0, 0.05) is 23.0 Å². The molecule has 0 radical (unpaired) electrons. The third-order valence-electron chi connectivity index (χ3n) is 5.96. The van der Waals surface area contributed by atoms with Crippen LogP contribution in [0, 0.1) is 0 Å². The summed E-state index contributed by atoms with van der Waals surface area (Å²) >= 11 is 0. The van der Waals surface area contributed by atoms with Crippen molar-refractivity contribution < 1.29 is 4.43 Å². The highest BCUT2D eigenvalue weighted by Gasteiger charge is 2.42. The van der Waals surface area contributed by atoms with E-state index in [1.807, 2.05) is 6.08 Å². The van der Waals surface area contributed by atoms with Crippen LogP contribution in [-0.4, -0.2) is 13.3 Å². The summed E-state index contributed by atoms with van der Waals surface area (Å²) in [6, 6.07) is 8.58. The molecule has 2 nitrogen and oxygen atoms in total. The molecule has 0 saturated carbocycles. The van der Waals surface area contributed by atoms with Gasteiger partial charge in [0.15, 0.2) is 0 Å². The zero-order valence-electron chi connectivity index (χ0n) is 16.3. The van der Waals surface area contributed by atoms with Crippen molar-refractivity contribution in [3.05, 3.63) is 60.0 Å². The van der Waals surface area contributed by atoms with Crippen LogP contribution in [-0.2, 0) is 4.43 Å². The fraction of sp³-hybridized carbons (Fsp3) is 0.455. The van der Waals surface area contributed by atoms with Gasteiger partial charge in [0.1, 0.15) is 0 Å². The normalized spacial score (nSPS) is 18.8. The van der Waals surface area contributed by atoms with Crippen LogP contribution in [0.2, 0.25) is 18.1 Å². The average Bonchev–Trinajstić information content (AvgIpc) is 3.11. The number of nitrogens with one attached hydrogen (secondary N) is 1. The molecule has 1 atom stereocenters. The topological polar surface area (TPSA) is 25.0 Å². The molecule has 1 aromatic heterocycles. The molecule has 1 aliphatic rings. The monoisotopic (exact) mass is 353 g/mol. The van der Waals surface area contributed by atoms with Crippen LogP contribution in [0.25, 0.3) is 10.9 Å². The Kier molecular flexibility index (Phi) is 4.71. The second-order valence-electron chi connectivity index (χ2n) is 8.70. The van der Waals surface area contributed by atoms with Crippen molar-refractivity contribution in [3.63, 3.8) is 0 Å². The molecule has 134 valence electrons. The zero-order chi connectivity index (χ0) is 18.2. The highest BCUT2D eigenvalue weighted by molar-refractivity contribution is 6.74. The van der Waals surface area contributed by atoms with Crippen LogP contribution in [0.3, 0.4) is 0 Å². The molecule has 1 N–H and O–H groups in total. The van der Waals surface area contributed by atoms with Crippen LogP contribution < -0.4 is 0 Å². The quantitative estimate of drug-likeness (QED) is 0.459. The molecule has 2 aromatic rings. The Morgan fingerprint density at radius 3 is 2.68 bits per heavy atom. The van der Waals surface area contributed by atoms with E-state index >= 15 is 0 Å². The van der Waals surface area contributed by atoms with Gasteiger partial charge in [-0.2, -0.15) is 0 Å². The fourth-order valence-electron chi connectivity index (χ4n) is 3.45. The van der Waals surface area contributed by atoms with Crippen LogP contribution in [0.15, 0.2) is 54.4 Å². The average molecular weight is 354 g/mol. The number of allylic oxidation sites excluding steroid dienone is 3. The number of benzene rings is 1. The van der Waals surface area contributed by atoms with Crippen molar-refractivity contribution in [2.75, 3.05) is 0 Å². The number of para-hydroxylation sites is 1. The number of hydrogen-bond donors (Lipinski definition) is 1. The van der Waals surface area contributed by atoms with Gasteiger partial charge in [0.25, 0.3) is 0 Å². The van der Waals surface area contributed by atoms with Crippen LogP contribution in [0.1, 0.15) is 51.5 Å². The molecule has 1 unspecified atom stereocenters. The lowest BCUT2D eigenvalue weighted by atomic mass is 9.97. The molecule has 25 heavy (non-hydrogen) atoms. The van der Waals surface area contributed by atoms with Crippen molar-refractivity contribution in [2.45, 2.75) is 64.1 Å². The van der Waals surface area contributed by atoms with Crippen LogP contribution in [0.4, 0.5) is 0 Å². The first-order valence-corrected chi connectivity index (χ1v) is 12.2.